The Labute approximate surface area is 162 Å². The summed E-state index contributed by atoms with van der Waals surface area (Å²) in [6, 6.07) is 10.6. The molecule has 142 valence electrons. The van der Waals surface area contributed by atoms with Gasteiger partial charge in [0.2, 0.25) is 11.8 Å². The number of aromatic nitrogens is 2. The SMILES string of the molecule is Cc1cc(Oc2nccc3cccnc23)ccc1C1C(C)C(=O)NC(=O)N1C. The minimum atomic E-state index is -0.390. The van der Waals surface area contributed by atoms with Crippen molar-refractivity contribution in [3.63, 3.8) is 0 Å². The van der Waals surface area contributed by atoms with Crippen LogP contribution < -0.4 is 10.1 Å². The molecule has 28 heavy (non-hydrogen) atoms. The molecule has 7 nitrogen and oxygen atoms in total. The van der Waals surface area contributed by atoms with E-state index in [4.69, 9.17) is 4.74 Å². The van der Waals surface area contributed by atoms with Crippen LogP contribution in [0.5, 0.6) is 11.6 Å². The average molecular weight is 376 g/mol. The van der Waals surface area contributed by atoms with E-state index in [1.807, 2.05) is 50.2 Å². The molecule has 7 heteroatoms. The molecule has 1 fully saturated rings. The topological polar surface area (TPSA) is 84.4 Å². The second-order valence-electron chi connectivity index (χ2n) is 6.95. The number of imide groups is 1. The summed E-state index contributed by atoms with van der Waals surface area (Å²) in [5.74, 6) is 0.438. The van der Waals surface area contributed by atoms with Gasteiger partial charge >= 0.3 is 6.03 Å². The monoisotopic (exact) mass is 376 g/mol. The molecule has 1 N–H and O–H groups in total. The van der Waals surface area contributed by atoms with Crippen LogP contribution >= 0.6 is 0 Å². The van der Waals surface area contributed by atoms with E-state index < -0.39 is 0 Å². The summed E-state index contributed by atoms with van der Waals surface area (Å²) in [5, 5.41) is 3.31. The highest BCUT2D eigenvalue weighted by Crippen LogP contribution is 2.35. The Morgan fingerprint density at radius 2 is 1.93 bits per heavy atom. The third-order valence-corrected chi connectivity index (χ3v) is 5.12. The summed E-state index contributed by atoms with van der Waals surface area (Å²) in [7, 11) is 1.69. The Hall–Kier alpha value is -3.48. The second-order valence-corrected chi connectivity index (χ2v) is 6.95. The molecule has 1 aliphatic rings. The number of carbonyl (C=O) groups excluding carboxylic acids is 2. The Balaban J connectivity index is 1.66. The van der Waals surface area contributed by atoms with Gasteiger partial charge in [-0.25, -0.2) is 9.78 Å². The summed E-state index contributed by atoms with van der Waals surface area (Å²) in [5.41, 5.74) is 2.53. The van der Waals surface area contributed by atoms with Gasteiger partial charge in [-0.2, -0.15) is 0 Å². The maximum Gasteiger partial charge on any atom is 0.324 e. The molecule has 1 aliphatic heterocycles. The van der Waals surface area contributed by atoms with Gasteiger partial charge in [-0.05, 0) is 42.3 Å². The number of fused-ring (bicyclic) bond motifs is 1. The first-order chi connectivity index (χ1) is 13.5. The molecular formula is C21H20N4O3. The quantitative estimate of drug-likeness (QED) is 0.755. The fourth-order valence-electron chi connectivity index (χ4n) is 3.60. The maximum atomic E-state index is 12.1. The molecule has 0 radical (unpaired) electrons. The summed E-state index contributed by atoms with van der Waals surface area (Å²) in [6.07, 6.45) is 3.39. The molecule has 0 spiro atoms. The Morgan fingerprint density at radius 3 is 2.71 bits per heavy atom. The second kappa shape index (κ2) is 6.92. The lowest BCUT2D eigenvalue weighted by molar-refractivity contribution is -0.127. The first-order valence-corrected chi connectivity index (χ1v) is 9.01. The molecule has 2 atom stereocenters. The van der Waals surface area contributed by atoms with Crippen molar-refractivity contribution in [2.75, 3.05) is 7.05 Å². The van der Waals surface area contributed by atoms with E-state index in [2.05, 4.69) is 15.3 Å². The number of hydrogen-bond acceptors (Lipinski definition) is 5. The molecule has 2 aromatic heterocycles. The normalized spacial score (nSPS) is 19.6. The standard InChI is InChI=1S/C21H20N4O3/c1-12-11-15(28-20-17-14(8-10-23-20)5-4-9-22-17)6-7-16(12)18-13(2)19(26)24-21(27)25(18)3/h4-11,13,18H,1-3H3,(H,24,26,27). The molecule has 0 saturated carbocycles. The van der Waals surface area contributed by atoms with Gasteiger partial charge in [-0.1, -0.05) is 19.1 Å². The number of ether oxygens (including phenoxy) is 1. The van der Waals surface area contributed by atoms with Gasteiger partial charge in [0, 0.05) is 24.8 Å². The van der Waals surface area contributed by atoms with Crippen molar-refractivity contribution in [1.82, 2.24) is 20.2 Å². The van der Waals surface area contributed by atoms with E-state index >= 15 is 0 Å². The van der Waals surface area contributed by atoms with Crippen molar-refractivity contribution in [3.8, 4) is 11.6 Å². The van der Waals surface area contributed by atoms with Crippen molar-refractivity contribution >= 4 is 22.8 Å². The minimum Gasteiger partial charge on any atom is -0.437 e. The van der Waals surface area contributed by atoms with E-state index in [-0.39, 0.29) is 23.9 Å². The molecule has 3 aromatic rings. The van der Waals surface area contributed by atoms with Crippen LogP contribution in [0.3, 0.4) is 0 Å². The molecule has 3 amide bonds. The van der Waals surface area contributed by atoms with E-state index in [1.165, 1.54) is 0 Å². The lowest BCUT2D eigenvalue weighted by atomic mass is 9.88. The van der Waals surface area contributed by atoms with Crippen LogP contribution in [0.25, 0.3) is 10.9 Å². The molecule has 4 rings (SSSR count). The first-order valence-electron chi connectivity index (χ1n) is 9.01. The third-order valence-electron chi connectivity index (χ3n) is 5.12. The summed E-state index contributed by atoms with van der Waals surface area (Å²) in [6.45, 7) is 3.76. The predicted octanol–water partition coefficient (Wildman–Crippen LogP) is 3.59. The largest absolute Gasteiger partial charge is 0.437 e. The van der Waals surface area contributed by atoms with Crippen LogP contribution in [-0.4, -0.2) is 33.9 Å². The highest BCUT2D eigenvalue weighted by Gasteiger charge is 2.38. The Morgan fingerprint density at radius 1 is 1.11 bits per heavy atom. The van der Waals surface area contributed by atoms with Crippen LogP contribution in [0.1, 0.15) is 24.1 Å². The number of amides is 3. The fraction of sp³-hybridized carbons (Fsp3) is 0.238. The highest BCUT2D eigenvalue weighted by molar-refractivity contribution is 5.98. The van der Waals surface area contributed by atoms with Gasteiger partial charge in [-0.3, -0.25) is 15.1 Å². The lowest BCUT2D eigenvalue weighted by Crippen LogP contribution is -2.53. The van der Waals surface area contributed by atoms with Crippen LogP contribution in [0.4, 0.5) is 4.79 Å². The smallest absolute Gasteiger partial charge is 0.324 e. The zero-order valence-corrected chi connectivity index (χ0v) is 15.8. The number of carbonyl (C=O) groups is 2. The lowest BCUT2D eigenvalue weighted by Gasteiger charge is -2.37. The number of urea groups is 1. The molecule has 2 unspecified atom stereocenters. The van der Waals surface area contributed by atoms with Crippen LogP contribution in [-0.2, 0) is 4.79 Å². The van der Waals surface area contributed by atoms with Crippen molar-refractivity contribution in [3.05, 3.63) is 59.9 Å². The Bertz CT molecular complexity index is 1060. The van der Waals surface area contributed by atoms with Crippen LogP contribution in [0, 0.1) is 12.8 Å². The predicted molar refractivity (Wildman–Crippen MR) is 104 cm³/mol. The van der Waals surface area contributed by atoms with Gasteiger partial charge in [-0.15, -0.1) is 0 Å². The Kier molecular flexibility index (Phi) is 4.43. The number of nitrogens with zero attached hydrogens (tertiary/aromatic N) is 3. The van der Waals surface area contributed by atoms with E-state index in [1.54, 1.807) is 24.3 Å². The third kappa shape index (κ3) is 3.05. The molecule has 0 aliphatic carbocycles. The minimum absolute atomic E-state index is 0.265. The number of nitrogens with one attached hydrogen (secondary N) is 1. The van der Waals surface area contributed by atoms with Gasteiger partial charge in [0.25, 0.3) is 0 Å². The van der Waals surface area contributed by atoms with Crippen molar-refractivity contribution in [2.45, 2.75) is 19.9 Å². The highest BCUT2D eigenvalue weighted by atomic mass is 16.5. The zero-order chi connectivity index (χ0) is 19.8. The molecule has 1 saturated heterocycles. The van der Waals surface area contributed by atoms with Gasteiger partial charge < -0.3 is 9.64 Å². The van der Waals surface area contributed by atoms with Crippen molar-refractivity contribution in [2.24, 2.45) is 5.92 Å². The number of rotatable bonds is 3. The molecule has 1 aromatic carbocycles. The fourth-order valence-corrected chi connectivity index (χ4v) is 3.60. The van der Waals surface area contributed by atoms with E-state index in [9.17, 15) is 9.59 Å². The summed E-state index contributed by atoms with van der Waals surface area (Å²) >= 11 is 0. The maximum absolute atomic E-state index is 12.1. The summed E-state index contributed by atoms with van der Waals surface area (Å²) < 4.78 is 5.98. The van der Waals surface area contributed by atoms with E-state index in [0.29, 0.717) is 17.1 Å². The number of hydrogen-bond donors (Lipinski definition) is 1. The van der Waals surface area contributed by atoms with Crippen molar-refractivity contribution < 1.29 is 14.3 Å². The zero-order valence-electron chi connectivity index (χ0n) is 15.8. The number of benzene rings is 1. The molecule has 3 heterocycles. The average Bonchev–Trinajstić information content (AvgIpc) is 2.68. The summed E-state index contributed by atoms with van der Waals surface area (Å²) in [4.78, 5) is 34.3. The van der Waals surface area contributed by atoms with E-state index in [0.717, 1.165) is 16.5 Å². The van der Waals surface area contributed by atoms with Gasteiger partial charge in [0.1, 0.15) is 11.3 Å². The first kappa shape index (κ1) is 17.9. The van der Waals surface area contributed by atoms with Crippen molar-refractivity contribution in [1.29, 1.82) is 0 Å². The van der Waals surface area contributed by atoms with Crippen LogP contribution in [0.2, 0.25) is 0 Å². The molecular weight excluding hydrogens is 356 g/mol. The number of pyridine rings is 2. The van der Waals surface area contributed by atoms with Gasteiger partial charge in [0.05, 0.1) is 12.0 Å². The number of aryl methyl sites for hydroxylation is 1. The van der Waals surface area contributed by atoms with Crippen LogP contribution in [0.15, 0.2) is 48.8 Å². The molecule has 0 bridgehead atoms. The van der Waals surface area contributed by atoms with Gasteiger partial charge in [0.15, 0.2) is 0 Å².